The summed E-state index contributed by atoms with van der Waals surface area (Å²) in [4.78, 5) is 0. The highest BCUT2D eigenvalue weighted by Crippen LogP contribution is 2.35. The molecule has 0 saturated heterocycles. The molecule has 0 amide bonds. The molecule has 0 aliphatic rings. The molecule has 0 aliphatic heterocycles. The Balaban J connectivity index is 1.66. The van der Waals surface area contributed by atoms with Crippen LogP contribution in [0.4, 0.5) is 5.69 Å². The maximum absolute atomic E-state index is 6.14. The van der Waals surface area contributed by atoms with Gasteiger partial charge in [-0.05, 0) is 96.2 Å². The second kappa shape index (κ2) is 9.46. The van der Waals surface area contributed by atoms with Crippen molar-refractivity contribution < 1.29 is 4.74 Å². The molecular formula is C21H17Br3ClNO. The highest BCUT2D eigenvalue weighted by atomic mass is 79.9. The summed E-state index contributed by atoms with van der Waals surface area (Å²) in [6.07, 6.45) is 0. The molecule has 0 radical (unpaired) electrons. The summed E-state index contributed by atoms with van der Waals surface area (Å²) in [6, 6.07) is 18.3. The summed E-state index contributed by atoms with van der Waals surface area (Å²) in [5, 5.41) is 4.06. The lowest BCUT2D eigenvalue weighted by Gasteiger charge is -2.14. The average molecular weight is 575 g/mol. The van der Waals surface area contributed by atoms with Crippen LogP contribution in [0.3, 0.4) is 0 Å². The molecule has 0 heterocycles. The Hall–Kier alpha value is -1.01. The summed E-state index contributed by atoms with van der Waals surface area (Å²) >= 11 is 16.8. The van der Waals surface area contributed by atoms with Gasteiger partial charge in [0, 0.05) is 16.7 Å². The molecule has 0 unspecified atom stereocenters. The second-order valence-electron chi connectivity index (χ2n) is 6.15. The maximum atomic E-state index is 6.14. The first kappa shape index (κ1) is 20.7. The van der Waals surface area contributed by atoms with Gasteiger partial charge in [-0.15, -0.1) is 0 Å². The first-order valence-electron chi connectivity index (χ1n) is 8.27. The summed E-state index contributed by atoms with van der Waals surface area (Å²) in [7, 11) is 0. The van der Waals surface area contributed by atoms with Gasteiger partial charge in [0.1, 0.15) is 12.4 Å². The van der Waals surface area contributed by atoms with Gasteiger partial charge >= 0.3 is 0 Å². The van der Waals surface area contributed by atoms with Crippen molar-refractivity contribution in [1.82, 2.24) is 0 Å². The molecule has 140 valence electrons. The van der Waals surface area contributed by atoms with Gasteiger partial charge in [-0.1, -0.05) is 41.4 Å². The van der Waals surface area contributed by atoms with Crippen molar-refractivity contribution in [1.29, 1.82) is 0 Å². The van der Waals surface area contributed by atoms with Gasteiger partial charge in [-0.3, -0.25) is 0 Å². The van der Waals surface area contributed by atoms with Crippen molar-refractivity contribution in [2.75, 3.05) is 5.32 Å². The Morgan fingerprint density at radius 2 is 1.52 bits per heavy atom. The Morgan fingerprint density at radius 1 is 0.852 bits per heavy atom. The Labute approximate surface area is 189 Å². The molecule has 6 heteroatoms. The summed E-state index contributed by atoms with van der Waals surface area (Å²) in [5.41, 5.74) is 4.47. The molecule has 0 bridgehead atoms. The van der Waals surface area contributed by atoms with Crippen molar-refractivity contribution in [2.45, 2.75) is 20.1 Å². The fourth-order valence-corrected chi connectivity index (χ4v) is 4.44. The molecule has 0 spiro atoms. The van der Waals surface area contributed by atoms with Crippen LogP contribution < -0.4 is 10.1 Å². The van der Waals surface area contributed by atoms with Crippen LogP contribution in [0, 0.1) is 6.92 Å². The quantitative estimate of drug-likeness (QED) is 0.321. The van der Waals surface area contributed by atoms with Crippen LogP contribution in [0.1, 0.15) is 16.7 Å². The van der Waals surface area contributed by atoms with E-state index in [9.17, 15) is 0 Å². The number of hydrogen-bond acceptors (Lipinski definition) is 2. The maximum Gasteiger partial charge on any atom is 0.148 e. The topological polar surface area (TPSA) is 21.3 Å². The van der Waals surface area contributed by atoms with Crippen molar-refractivity contribution in [3.05, 3.63) is 89.7 Å². The van der Waals surface area contributed by atoms with Crippen LogP contribution in [-0.2, 0) is 13.2 Å². The lowest BCUT2D eigenvalue weighted by Crippen LogP contribution is -2.01. The third-order valence-electron chi connectivity index (χ3n) is 3.98. The molecule has 3 aromatic carbocycles. The van der Waals surface area contributed by atoms with E-state index in [2.05, 4.69) is 96.4 Å². The minimum absolute atomic E-state index is 0.520. The van der Waals surface area contributed by atoms with Crippen LogP contribution in [0.5, 0.6) is 5.75 Å². The molecule has 1 N–H and O–H groups in total. The number of nitrogens with one attached hydrogen (secondary N) is 1. The molecule has 0 saturated carbocycles. The monoisotopic (exact) mass is 571 g/mol. The number of ether oxygens (including phenoxy) is 1. The highest BCUT2D eigenvalue weighted by Gasteiger charge is 2.10. The van der Waals surface area contributed by atoms with Crippen molar-refractivity contribution >= 4 is 65.1 Å². The highest BCUT2D eigenvalue weighted by molar-refractivity contribution is 9.11. The predicted octanol–water partition coefficient (Wildman–Crippen LogP) is 8.13. The zero-order valence-electron chi connectivity index (χ0n) is 14.5. The Morgan fingerprint density at radius 3 is 2.15 bits per heavy atom. The van der Waals surface area contributed by atoms with Gasteiger partial charge in [-0.2, -0.15) is 0 Å². The fraction of sp³-hybridized carbons (Fsp3) is 0.143. The van der Waals surface area contributed by atoms with E-state index in [1.165, 1.54) is 5.56 Å². The van der Waals surface area contributed by atoms with Crippen molar-refractivity contribution in [3.63, 3.8) is 0 Å². The number of anilines is 1. The van der Waals surface area contributed by atoms with E-state index in [-0.39, 0.29) is 0 Å². The summed E-state index contributed by atoms with van der Waals surface area (Å²) < 4.78 is 8.71. The summed E-state index contributed by atoms with van der Waals surface area (Å²) in [6.45, 7) is 3.27. The van der Waals surface area contributed by atoms with E-state index >= 15 is 0 Å². The first-order chi connectivity index (χ1) is 12.9. The van der Waals surface area contributed by atoms with E-state index in [0.29, 0.717) is 18.2 Å². The van der Waals surface area contributed by atoms with Crippen molar-refractivity contribution in [3.8, 4) is 5.75 Å². The third kappa shape index (κ3) is 5.74. The van der Waals surface area contributed by atoms with Crippen molar-refractivity contribution in [2.24, 2.45) is 0 Å². The lowest BCUT2D eigenvalue weighted by molar-refractivity contribution is 0.302. The van der Waals surface area contributed by atoms with Crippen LogP contribution in [-0.4, -0.2) is 0 Å². The number of rotatable bonds is 6. The minimum atomic E-state index is 0.520. The van der Waals surface area contributed by atoms with E-state index < -0.39 is 0 Å². The molecular weight excluding hydrogens is 557 g/mol. The van der Waals surface area contributed by atoms with E-state index in [0.717, 1.165) is 36.0 Å². The molecule has 2 nitrogen and oxygen atoms in total. The van der Waals surface area contributed by atoms with Gasteiger partial charge in [0.05, 0.1) is 14.0 Å². The largest absolute Gasteiger partial charge is 0.487 e. The molecule has 27 heavy (non-hydrogen) atoms. The minimum Gasteiger partial charge on any atom is -0.487 e. The Bertz CT molecular complexity index is 922. The third-order valence-corrected chi connectivity index (χ3v) is 6.39. The fourth-order valence-electron chi connectivity index (χ4n) is 2.50. The predicted molar refractivity (Wildman–Crippen MR) is 124 cm³/mol. The molecule has 0 atom stereocenters. The zero-order valence-corrected chi connectivity index (χ0v) is 20.0. The number of benzene rings is 3. The number of aryl methyl sites for hydroxylation is 1. The van der Waals surface area contributed by atoms with Gasteiger partial charge in [0.2, 0.25) is 0 Å². The second-order valence-corrected chi connectivity index (χ2v) is 9.12. The van der Waals surface area contributed by atoms with Crippen LogP contribution >= 0.6 is 59.4 Å². The van der Waals surface area contributed by atoms with Gasteiger partial charge in [0.15, 0.2) is 0 Å². The van der Waals surface area contributed by atoms with Crippen LogP contribution in [0.25, 0.3) is 0 Å². The normalized spacial score (nSPS) is 10.7. The van der Waals surface area contributed by atoms with E-state index in [1.807, 2.05) is 18.2 Å². The lowest BCUT2D eigenvalue weighted by atomic mass is 10.2. The number of hydrogen-bond donors (Lipinski definition) is 1. The Kier molecular flexibility index (Phi) is 7.26. The molecule has 0 fully saturated rings. The molecule has 0 aromatic heterocycles. The molecule has 3 rings (SSSR count). The SMILES string of the molecule is Cc1ccc(COc2c(Br)cc(CNc3ccc(Br)c(Cl)c3)cc2Br)cc1. The van der Waals surface area contributed by atoms with Crippen LogP contribution in [0.2, 0.25) is 5.02 Å². The molecule has 0 aliphatic carbocycles. The van der Waals surface area contributed by atoms with Gasteiger partial charge < -0.3 is 10.1 Å². The summed E-state index contributed by atoms with van der Waals surface area (Å²) in [5.74, 6) is 0.797. The molecule has 3 aromatic rings. The zero-order chi connectivity index (χ0) is 19.4. The standard InChI is InChI=1S/C21H17Br3ClNO/c1-13-2-4-14(5-3-13)12-27-21-18(23)8-15(9-19(21)24)11-26-16-6-7-17(22)20(25)10-16/h2-10,26H,11-12H2,1H3. The average Bonchev–Trinajstić information content (AvgIpc) is 2.63. The van der Waals surface area contributed by atoms with Gasteiger partial charge in [0.25, 0.3) is 0 Å². The van der Waals surface area contributed by atoms with E-state index in [4.69, 9.17) is 16.3 Å². The van der Waals surface area contributed by atoms with E-state index in [1.54, 1.807) is 0 Å². The first-order valence-corrected chi connectivity index (χ1v) is 11.0. The van der Waals surface area contributed by atoms with Gasteiger partial charge in [-0.25, -0.2) is 0 Å². The number of halogens is 4. The smallest absolute Gasteiger partial charge is 0.148 e. The van der Waals surface area contributed by atoms with Crippen LogP contribution in [0.15, 0.2) is 68.0 Å².